The molecule has 1 fully saturated rings. The molecule has 1 aliphatic heterocycles. The molecule has 1 heterocycles. The Morgan fingerprint density at radius 3 is 2.55 bits per heavy atom. The minimum Gasteiger partial charge on any atom is -0.331 e. The number of hydrogen-bond acceptors (Lipinski definition) is 2. The minimum atomic E-state index is -0.0446. The van der Waals surface area contributed by atoms with Crippen LogP contribution in [0, 0.1) is 17.2 Å². The summed E-state index contributed by atoms with van der Waals surface area (Å²) in [5.41, 5.74) is 1.08. The predicted molar refractivity (Wildman–Crippen MR) is 81.0 cm³/mol. The van der Waals surface area contributed by atoms with Crippen molar-refractivity contribution in [2.45, 2.75) is 25.8 Å². The maximum Gasteiger partial charge on any atom is 0.317 e. The Bertz CT molecular complexity index is 501. The Balaban J connectivity index is 1.88. The van der Waals surface area contributed by atoms with Gasteiger partial charge in [-0.3, -0.25) is 0 Å². The molecular weight excluding hydrogens is 318 g/mol. The number of urea groups is 1. The molecule has 1 saturated heterocycles. The van der Waals surface area contributed by atoms with Crippen LogP contribution in [0.1, 0.15) is 31.4 Å². The Kier molecular flexibility index (Phi) is 5.02. The van der Waals surface area contributed by atoms with Crippen molar-refractivity contribution >= 4 is 22.0 Å². The van der Waals surface area contributed by atoms with E-state index in [1.54, 1.807) is 4.90 Å². The zero-order chi connectivity index (χ0) is 14.5. The van der Waals surface area contributed by atoms with E-state index in [2.05, 4.69) is 27.3 Å². The average Bonchev–Trinajstić information content (AvgIpc) is 2.48. The minimum absolute atomic E-state index is 0.0238. The van der Waals surface area contributed by atoms with Gasteiger partial charge in [0.1, 0.15) is 0 Å². The Morgan fingerprint density at radius 2 is 2.00 bits per heavy atom. The second-order valence-electron chi connectivity index (χ2n) is 5.11. The number of benzene rings is 1. The van der Waals surface area contributed by atoms with Gasteiger partial charge in [0.05, 0.1) is 12.1 Å². The third-order valence-corrected chi connectivity index (χ3v) is 4.20. The van der Waals surface area contributed by atoms with Crippen LogP contribution in [0.15, 0.2) is 28.7 Å². The number of nitrogens with one attached hydrogen (secondary N) is 1. The van der Waals surface area contributed by atoms with Crippen molar-refractivity contribution in [2.75, 3.05) is 13.1 Å². The van der Waals surface area contributed by atoms with Crippen molar-refractivity contribution in [2.24, 2.45) is 5.92 Å². The van der Waals surface area contributed by atoms with Crippen molar-refractivity contribution in [1.29, 1.82) is 5.26 Å². The van der Waals surface area contributed by atoms with Gasteiger partial charge in [0, 0.05) is 23.5 Å². The first kappa shape index (κ1) is 14.9. The molecule has 0 aliphatic carbocycles. The summed E-state index contributed by atoms with van der Waals surface area (Å²) in [4.78, 5) is 14.0. The van der Waals surface area contributed by atoms with E-state index in [0.29, 0.717) is 13.1 Å². The van der Waals surface area contributed by atoms with Crippen molar-refractivity contribution in [3.05, 3.63) is 34.3 Å². The van der Waals surface area contributed by atoms with Crippen molar-refractivity contribution < 1.29 is 4.79 Å². The van der Waals surface area contributed by atoms with Crippen molar-refractivity contribution in [3.63, 3.8) is 0 Å². The summed E-state index contributed by atoms with van der Waals surface area (Å²) in [6.07, 6.45) is 1.55. The monoisotopic (exact) mass is 335 g/mol. The van der Waals surface area contributed by atoms with Gasteiger partial charge in [-0.1, -0.05) is 28.1 Å². The molecule has 1 unspecified atom stereocenters. The first-order chi connectivity index (χ1) is 9.60. The lowest BCUT2D eigenvalue weighted by atomic mass is 9.99. The molecule has 1 N–H and O–H groups in total. The molecule has 1 aliphatic rings. The van der Waals surface area contributed by atoms with Gasteiger partial charge in [0.15, 0.2) is 0 Å². The van der Waals surface area contributed by atoms with Crippen molar-refractivity contribution in [1.82, 2.24) is 10.2 Å². The summed E-state index contributed by atoms with van der Waals surface area (Å²) >= 11 is 3.40. The van der Waals surface area contributed by atoms with Crippen LogP contribution in [-0.4, -0.2) is 24.0 Å². The summed E-state index contributed by atoms with van der Waals surface area (Å²) in [6.45, 7) is 3.30. The molecule has 2 rings (SSSR count). The number of carbonyl (C=O) groups excluding carboxylic acids is 1. The van der Waals surface area contributed by atoms with E-state index in [1.807, 2.05) is 31.2 Å². The largest absolute Gasteiger partial charge is 0.331 e. The molecule has 4 nitrogen and oxygen atoms in total. The fourth-order valence-electron chi connectivity index (χ4n) is 2.32. The van der Waals surface area contributed by atoms with E-state index >= 15 is 0 Å². The molecule has 1 aromatic carbocycles. The van der Waals surface area contributed by atoms with Crippen LogP contribution in [0.2, 0.25) is 0 Å². The van der Waals surface area contributed by atoms with Gasteiger partial charge >= 0.3 is 6.03 Å². The van der Waals surface area contributed by atoms with Crippen LogP contribution < -0.4 is 5.32 Å². The average molecular weight is 336 g/mol. The SMILES string of the molecule is CC(NC(=O)N1CCC(C#N)CC1)c1ccc(Br)cc1. The van der Waals surface area contributed by atoms with Crippen LogP contribution in [0.4, 0.5) is 4.79 Å². The number of nitriles is 1. The zero-order valence-electron chi connectivity index (χ0n) is 11.5. The number of piperidine rings is 1. The third-order valence-electron chi connectivity index (χ3n) is 3.67. The number of carbonyl (C=O) groups is 1. The molecular formula is C15H18BrN3O. The molecule has 0 bridgehead atoms. The number of rotatable bonds is 2. The van der Waals surface area contributed by atoms with Gasteiger partial charge in [-0.2, -0.15) is 5.26 Å². The first-order valence-corrected chi connectivity index (χ1v) is 7.60. The van der Waals surface area contributed by atoms with Crippen LogP contribution in [0.5, 0.6) is 0 Å². The molecule has 20 heavy (non-hydrogen) atoms. The van der Waals surface area contributed by atoms with Gasteiger partial charge in [0.2, 0.25) is 0 Å². The fraction of sp³-hybridized carbons (Fsp3) is 0.467. The highest BCUT2D eigenvalue weighted by atomic mass is 79.9. The molecule has 1 atom stereocenters. The van der Waals surface area contributed by atoms with Gasteiger partial charge in [-0.25, -0.2) is 4.79 Å². The van der Waals surface area contributed by atoms with Crippen LogP contribution >= 0.6 is 15.9 Å². The Hall–Kier alpha value is -1.54. The van der Waals surface area contributed by atoms with Crippen LogP contribution in [-0.2, 0) is 0 Å². The number of halogens is 1. The van der Waals surface area contributed by atoms with Gasteiger partial charge in [-0.15, -0.1) is 0 Å². The van der Waals surface area contributed by atoms with Crippen LogP contribution in [0.25, 0.3) is 0 Å². The third kappa shape index (κ3) is 3.73. The van der Waals surface area contributed by atoms with E-state index < -0.39 is 0 Å². The van der Waals surface area contributed by atoms with Crippen LogP contribution in [0.3, 0.4) is 0 Å². The Morgan fingerprint density at radius 1 is 1.40 bits per heavy atom. The lowest BCUT2D eigenvalue weighted by Crippen LogP contribution is -2.45. The van der Waals surface area contributed by atoms with Gasteiger partial charge in [0.25, 0.3) is 0 Å². The number of amides is 2. The standard InChI is InChI=1S/C15H18BrN3O/c1-11(13-2-4-14(16)5-3-13)18-15(20)19-8-6-12(10-17)7-9-19/h2-5,11-12H,6-9H2,1H3,(H,18,20). The molecule has 1 aromatic rings. The van der Waals surface area contributed by atoms with Crippen molar-refractivity contribution in [3.8, 4) is 6.07 Å². The molecule has 0 aromatic heterocycles. The summed E-state index contributed by atoms with van der Waals surface area (Å²) in [5, 5.41) is 11.9. The van der Waals surface area contributed by atoms with E-state index in [1.165, 1.54) is 0 Å². The predicted octanol–water partition coefficient (Wildman–Crippen LogP) is 3.46. The van der Waals surface area contributed by atoms with Gasteiger partial charge < -0.3 is 10.2 Å². The molecule has 0 spiro atoms. The smallest absolute Gasteiger partial charge is 0.317 e. The number of likely N-dealkylation sites (tertiary alicyclic amines) is 1. The normalized spacial score (nSPS) is 17.4. The highest BCUT2D eigenvalue weighted by Crippen LogP contribution is 2.19. The quantitative estimate of drug-likeness (QED) is 0.899. The second kappa shape index (κ2) is 6.76. The number of hydrogen-bond donors (Lipinski definition) is 1. The highest BCUT2D eigenvalue weighted by molar-refractivity contribution is 9.10. The van der Waals surface area contributed by atoms with E-state index in [0.717, 1.165) is 22.9 Å². The maximum absolute atomic E-state index is 12.2. The Labute approximate surface area is 127 Å². The lowest BCUT2D eigenvalue weighted by molar-refractivity contribution is 0.176. The molecule has 0 radical (unpaired) electrons. The first-order valence-electron chi connectivity index (χ1n) is 6.80. The lowest BCUT2D eigenvalue weighted by Gasteiger charge is -2.30. The van der Waals surface area contributed by atoms with E-state index in [-0.39, 0.29) is 18.0 Å². The number of nitrogens with zero attached hydrogens (tertiary/aromatic N) is 2. The molecule has 106 valence electrons. The van der Waals surface area contributed by atoms with E-state index in [9.17, 15) is 4.79 Å². The highest BCUT2D eigenvalue weighted by Gasteiger charge is 2.23. The summed E-state index contributed by atoms with van der Waals surface area (Å²) in [7, 11) is 0. The summed E-state index contributed by atoms with van der Waals surface area (Å²) in [6, 6.07) is 10.1. The topological polar surface area (TPSA) is 56.1 Å². The summed E-state index contributed by atoms with van der Waals surface area (Å²) in [5.74, 6) is 0.1000. The summed E-state index contributed by atoms with van der Waals surface area (Å²) < 4.78 is 1.03. The van der Waals surface area contributed by atoms with Gasteiger partial charge in [-0.05, 0) is 37.5 Å². The van der Waals surface area contributed by atoms with E-state index in [4.69, 9.17) is 5.26 Å². The molecule has 5 heteroatoms. The zero-order valence-corrected chi connectivity index (χ0v) is 13.1. The fourth-order valence-corrected chi connectivity index (χ4v) is 2.59. The molecule has 0 saturated carbocycles. The molecule has 2 amide bonds. The maximum atomic E-state index is 12.2. The second-order valence-corrected chi connectivity index (χ2v) is 6.03.